The number of carboxylic acid groups (broad SMARTS) is 2. The quantitative estimate of drug-likeness (QED) is 0.813. The van der Waals surface area contributed by atoms with E-state index in [-0.39, 0.29) is 5.56 Å². The number of carbonyl (C=O) groups excluding carboxylic acids is 1. The zero-order chi connectivity index (χ0) is 17.3. The second-order valence-electron chi connectivity index (χ2n) is 5.18. The number of hydrogen-bond donors (Lipinski definition) is 2. The molecule has 2 N–H and O–H groups in total. The molecule has 0 unspecified atom stereocenters. The minimum absolute atomic E-state index is 0.111. The summed E-state index contributed by atoms with van der Waals surface area (Å²) in [5.41, 5.74) is -2.82. The van der Waals surface area contributed by atoms with Crippen LogP contribution < -0.4 is 0 Å². The van der Waals surface area contributed by atoms with Gasteiger partial charge >= 0.3 is 18.1 Å². The number of alkyl halides is 3. The molecule has 120 valence electrons. The molecule has 0 radical (unpaired) electrons. The monoisotopic (exact) mass is 318 g/mol. The fraction of sp³-hybridized carbons (Fsp3) is 0.357. The van der Waals surface area contributed by atoms with E-state index in [0.717, 1.165) is 12.1 Å². The molecule has 0 amide bonds. The van der Waals surface area contributed by atoms with E-state index in [9.17, 15) is 27.6 Å². The van der Waals surface area contributed by atoms with E-state index < -0.39 is 40.8 Å². The molecule has 0 spiro atoms. The summed E-state index contributed by atoms with van der Waals surface area (Å²) >= 11 is 0. The Hall–Kier alpha value is -2.38. The number of halogens is 3. The highest BCUT2D eigenvalue weighted by Crippen LogP contribution is 2.34. The highest BCUT2D eigenvalue weighted by molar-refractivity contribution is 6.17. The Morgan fingerprint density at radius 2 is 1.45 bits per heavy atom. The minimum Gasteiger partial charge on any atom is -0.480 e. The Labute approximate surface area is 123 Å². The smallest absolute Gasteiger partial charge is 0.416 e. The summed E-state index contributed by atoms with van der Waals surface area (Å²) in [5.74, 6) is -7.27. The maximum Gasteiger partial charge on any atom is 0.416 e. The molecule has 0 aliphatic heterocycles. The van der Waals surface area contributed by atoms with Crippen molar-refractivity contribution < 1.29 is 37.8 Å². The van der Waals surface area contributed by atoms with E-state index in [1.807, 2.05) is 0 Å². The van der Waals surface area contributed by atoms with Gasteiger partial charge in [0.05, 0.1) is 5.56 Å². The highest BCUT2D eigenvalue weighted by atomic mass is 19.4. The van der Waals surface area contributed by atoms with Crippen molar-refractivity contribution >= 4 is 17.7 Å². The van der Waals surface area contributed by atoms with E-state index in [1.54, 1.807) is 0 Å². The zero-order valence-corrected chi connectivity index (χ0v) is 11.6. The van der Waals surface area contributed by atoms with Gasteiger partial charge in [-0.15, -0.1) is 0 Å². The molecule has 0 aliphatic carbocycles. The summed E-state index contributed by atoms with van der Waals surface area (Å²) in [4.78, 5) is 34.0. The maximum atomic E-state index is 12.7. The number of carboxylic acids is 2. The fourth-order valence-corrected chi connectivity index (χ4v) is 1.92. The average molecular weight is 318 g/mol. The van der Waals surface area contributed by atoms with Crippen LogP contribution in [0.3, 0.4) is 0 Å². The summed E-state index contributed by atoms with van der Waals surface area (Å²) in [6.45, 7) is 2.37. The van der Waals surface area contributed by atoms with Gasteiger partial charge in [0, 0.05) is 5.41 Å². The van der Waals surface area contributed by atoms with Crippen molar-refractivity contribution in [1.29, 1.82) is 0 Å². The van der Waals surface area contributed by atoms with Crippen molar-refractivity contribution in [3.05, 3.63) is 35.4 Å². The van der Waals surface area contributed by atoms with Crippen LogP contribution in [0, 0.1) is 5.92 Å². The van der Waals surface area contributed by atoms with Gasteiger partial charge in [-0.3, -0.25) is 14.4 Å². The van der Waals surface area contributed by atoms with Crippen molar-refractivity contribution in [3.63, 3.8) is 0 Å². The van der Waals surface area contributed by atoms with E-state index in [4.69, 9.17) is 10.2 Å². The standard InChI is InChI=1S/C14H13F3O5/c1-13(2,10(18)9(11(19)20)12(21)22)7-4-3-5-8(6-7)14(15,16)17/h3-6,9H,1-2H3,(H,19,20)(H,21,22). The number of benzene rings is 1. The molecule has 5 nitrogen and oxygen atoms in total. The molecule has 0 heterocycles. The number of Topliss-reactive ketones (excluding diaryl/α,β-unsaturated/α-hetero) is 1. The molecule has 1 rings (SSSR count). The van der Waals surface area contributed by atoms with Crippen molar-refractivity contribution in [1.82, 2.24) is 0 Å². The third-order valence-corrected chi connectivity index (χ3v) is 3.28. The van der Waals surface area contributed by atoms with Crippen LogP contribution in [0.4, 0.5) is 13.2 Å². The summed E-state index contributed by atoms with van der Waals surface area (Å²) in [7, 11) is 0. The van der Waals surface area contributed by atoms with Gasteiger partial charge in [-0.25, -0.2) is 0 Å². The van der Waals surface area contributed by atoms with Crippen LogP contribution >= 0.6 is 0 Å². The second-order valence-corrected chi connectivity index (χ2v) is 5.18. The van der Waals surface area contributed by atoms with Gasteiger partial charge in [0.1, 0.15) is 0 Å². The molecule has 0 atom stereocenters. The lowest BCUT2D eigenvalue weighted by molar-refractivity contribution is -0.159. The van der Waals surface area contributed by atoms with Crippen LogP contribution in [-0.2, 0) is 26.0 Å². The van der Waals surface area contributed by atoms with Crippen LogP contribution in [0.25, 0.3) is 0 Å². The van der Waals surface area contributed by atoms with Gasteiger partial charge in [0.25, 0.3) is 0 Å². The Kier molecular flexibility index (Phi) is 4.64. The summed E-state index contributed by atoms with van der Waals surface area (Å²) in [5, 5.41) is 17.7. The van der Waals surface area contributed by atoms with E-state index >= 15 is 0 Å². The van der Waals surface area contributed by atoms with E-state index in [1.165, 1.54) is 19.9 Å². The zero-order valence-electron chi connectivity index (χ0n) is 11.6. The lowest BCUT2D eigenvalue weighted by Gasteiger charge is -2.26. The average Bonchev–Trinajstić information content (AvgIpc) is 2.36. The Balaban J connectivity index is 3.32. The van der Waals surface area contributed by atoms with Crippen molar-refractivity contribution in [2.45, 2.75) is 25.4 Å². The molecule has 8 heteroatoms. The Morgan fingerprint density at radius 1 is 1.00 bits per heavy atom. The van der Waals surface area contributed by atoms with Crippen LogP contribution in [0.15, 0.2) is 24.3 Å². The maximum absolute atomic E-state index is 12.7. The van der Waals surface area contributed by atoms with E-state index in [2.05, 4.69) is 0 Å². The van der Waals surface area contributed by atoms with Gasteiger partial charge in [0.2, 0.25) is 5.92 Å². The van der Waals surface area contributed by atoms with Crippen LogP contribution in [0.2, 0.25) is 0 Å². The normalized spacial score (nSPS) is 12.3. The first-order valence-electron chi connectivity index (χ1n) is 6.06. The highest BCUT2D eigenvalue weighted by Gasteiger charge is 2.44. The molecule has 22 heavy (non-hydrogen) atoms. The lowest BCUT2D eigenvalue weighted by Crippen LogP contribution is -2.42. The summed E-state index contributed by atoms with van der Waals surface area (Å²) in [6, 6.07) is 3.80. The molecule has 0 bridgehead atoms. The largest absolute Gasteiger partial charge is 0.480 e. The number of ketones is 1. The number of carbonyl (C=O) groups is 3. The minimum atomic E-state index is -4.63. The molecule has 1 aromatic rings. The van der Waals surface area contributed by atoms with Gasteiger partial charge in [-0.1, -0.05) is 18.2 Å². The lowest BCUT2D eigenvalue weighted by atomic mass is 9.75. The van der Waals surface area contributed by atoms with Crippen LogP contribution in [0.5, 0.6) is 0 Å². The fourth-order valence-electron chi connectivity index (χ4n) is 1.92. The molecular formula is C14H13F3O5. The molecule has 0 aliphatic rings. The summed E-state index contributed by atoms with van der Waals surface area (Å²) in [6.07, 6.45) is -4.63. The molecule has 0 aromatic heterocycles. The first-order chi connectivity index (χ1) is 9.89. The number of aliphatic carboxylic acids is 2. The van der Waals surface area contributed by atoms with Crippen LogP contribution in [0.1, 0.15) is 25.0 Å². The number of hydrogen-bond acceptors (Lipinski definition) is 3. The summed E-state index contributed by atoms with van der Waals surface area (Å²) < 4.78 is 38.1. The van der Waals surface area contributed by atoms with Crippen molar-refractivity contribution in [2.24, 2.45) is 5.92 Å². The van der Waals surface area contributed by atoms with Crippen molar-refractivity contribution in [3.8, 4) is 0 Å². The topological polar surface area (TPSA) is 91.7 Å². The van der Waals surface area contributed by atoms with Gasteiger partial charge in [-0.05, 0) is 25.5 Å². The van der Waals surface area contributed by atoms with Crippen LogP contribution in [-0.4, -0.2) is 27.9 Å². The molecular weight excluding hydrogens is 305 g/mol. The van der Waals surface area contributed by atoms with Gasteiger partial charge in [-0.2, -0.15) is 13.2 Å². The van der Waals surface area contributed by atoms with Gasteiger partial charge in [0.15, 0.2) is 5.78 Å². The first-order valence-corrected chi connectivity index (χ1v) is 6.06. The second kappa shape index (κ2) is 5.78. The Morgan fingerprint density at radius 3 is 1.86 bits per heavy atom. The first kappa shape index (κ1) is 17.7. The van der Waals surface area contributed by atoms with Gasteiger partial charge < -0.3 is 10.2 Å². The number of rotatable bonds is 5. The SMILES string of the molecule is CC(C)(C(=O)C(C(=O)O)C(=O)O)c1cccc(C(F)(F)F)c1. The molecule has 0 saturated carbocycles. The molecule has 1 aromatic carbocycles. The van der Waals surface area contributed by atoms with E-state index in [0.29, 0.717) is 6.07 Å². The predicted molar refractivity (Wildman–Crippen MR) is 68.2 cm³/mol. The third-order valence-electron chi connectivity index (χ3n) is 3.28. The predicted octanol–water partition coefficient (Wildman–Crippen LogP) is 2.34. The molecule has 0 fully saturated rings. The van der Waals surface area contributed by atoms with Crippen molar-refractivity contribution in [2.75, 3.05) is 0 Å². The molecule has 0 saturated heterocycles. The third kappa shape index (κ3) is 3.44. The Bertz CT molecular complexity index is 605.